The van der Waals surface area contributed by atoms with Crippen molar-refractivity contribution in [3.05, 3.63) is 0 Å². The van der Waals surface area contributed by atoms with E-state index in [1.54, 1.807) is 13.8 Å². The van der Waals surface area contributed by atoms with Crippen LogP contribution in [0.4, 0.5) is 0 Å². The van der Waals surface area contributed by atoms with E-state index in [1.165, 1.54) is 0 Å². The molecule has 0 aromatic heterocycles. The minimum absolute atomic E-state index is 0.218. The number of carbonyl (C=O) groups excluding carboxylic acids is 1. The highest BCUT2D eigenvalue weighted by Gasteiger charge is 1.84. The van der Waals surface area contributed by atoms with Crippen LogP contribution in [0.5, 0.6) is 0 Å². The van der Waals surface area contributed by atoms with Crippen LogP contribution in [0.25, 0.3) is 0 Å². The highest BCUT2D eigenvalue weighted by Crippen LogP contribution is 1.74. The zero-order valence-corrected chi connectivity index (χ0v) is 4.93. The Labute approximate surface area is 47.9 Å². The summed E-state index contributed by atoms with van der Waals surface area (Å²) in [7, 11) is 0. The molecule has 8 heavy (non-hydrogen) atoms. The number of amidine groups is 1. The number of aldehydes is 1. The van der Waals surface area contributed by atoms with Crippen molar-refractivity contribution in [3.63, 3.8) is 0 Å². The largest absolute Gasteiger partial charge is 0.294 e. The van der Waals surface area contributed by atoms with E-state index in [9.17, 15) is 4.79 Å². The van der Waals surface area contributed by atoms with Gasteiger partial charge in [0.2, 0.25) is 0 Å². The lowest BCUT2D eigenvalue weighted by atomic mass is 10.5. The van der Waals surface area contributed by atoms with Gasteiger partial charge in [0.25, 0.3) is 0 Å². The molecule has 0 aromatic carbocycles. The Morgan fingerprint density at radius 3 is 2.25 bits per heavy atom. The minimum Gasteiger partial charge on any atom is -0.294 e. The topological polar surface area (TPSA) is 53.3 Å². The quantitative estimate of drug-likeness (QED) is 0.302. The molecule has 44 valence electrons. The van der Waals surface area contributed by atoms with Crippen molar-refractivity contribution in [1.82, 2.24) is 0 Å². The van der Waals surface area contributed by atoms with E-state index in [0.29, 0.717) is 6.29 Å². The molecular formula is C5H8N2O. The van der Waals surface area contributed by atoms with E-state index in [2.05, 4.69) is 4.99 Å². The van der Waals surface area contributed by atoms with Gasteiger partial charge in [-0.1, -0.05) is 0 Å². The molecule has 0 saturated heterocycles. The first-order valence-corrected chi connectivity index (χ1v) is 2.22. The minimum atomic E-state index is -0.218. The van der Waals surface area contributed by atoms with Gasteiger partial charge in [0.15, 0.2) is 12.1 Å². The van der Waals surface area contributed by atoms with Gasteiger partial charge in [-0.3, -0.25) is 10.2 Å². The van der Waals surface area contributed by atoms with Crippen LogP contribution in [0.2, 0.25) is 0 Å². The van der Waals surface area contributed by atoms with E-state index >= 15 is 0 Å². The fourth-order valence-electron chi connectivity index (χ4n) is 0.267. The van der Waals surface area contributed by atoms with Crippen molar-refractivity contribution in [2.45, 2.75) is 13.8 Å². The average molecular weight is 112 g/mol. The van der Waals surface area contributed by atoms with Gasteiger partial charge < -0.3 is 0 Å². The summed E-state index contributed by atoms with van der Waals surface area (Å²) >= 11 is 0. The first kappa shape index (κ1) is 7.01. The maximum absolute atomic E-state index is 9.71. The lowest BCUT2D eigenvalue weighted by Gasteiger charge is -1.83. The van der Waals surface area contributed by atoms with Crippen LogP contribution in [-0.2, 0) is 4.79 Å². The summed E-state index contributed by atoms with van der Waals surface area (Å²) < 4.78 is 0. The fraction of sp³-hybridized carbons (Fsp3) is 0.400. The first-order valence-electron chi connectivity index (χ1n) is 2.22. The van der Waals surface area contributed by atoms with Gasteiger partial charge in [-0.2, -0.15) is 0 Å². The van der Waals surface area contributed by atoms with Gasteiger partial charge in [0.05, 0.1) is 0 Å². The van der Waals surface area contributed by atoms with E-state index < -0.39 is 0 Å². The van der Waals surface area contributed by atoms with Crippen LogP contribution < -0.4 is 0 Å². The molecule has 0 aliphatic rings. The molecule has 0 heterocycles. The Bertz CT molecular complexity index is 133. The molecule has 0 amide bonds. The van der Waals surface area contributed by atoms with Crippen LogP contribution >= 0.6 is 0 Å². The summed E-state index contributed by atoms with van der Waals surface area (Å²) in [6.07, 6.45) is 0.410. The lowest BCUT2D eigenvalue weighted by molar-refractivity contribution is -0.102. The van der Waals surface area contributed by atoms with Gasteiger partial charge >= 0.3 is 0 Å². The molecule has 3 nitrogen and oxygen atoms in total. The molecule has 0 unspecified atom stereocenters. The predicted octanol–water partition coefficient (Wildman–Crippen LogP) is 0.643. The molecule has 0 saturated carbocycles. The van der Waals surface area contributed by atoms with E-state index in [4.69, 9.17) is 5.41 Å². The van der Waals surface area contributed by atoms with Crippen LogP contribution in [0.15, 0.2) is 4.99 Å². The number of hydrogen-bond donors (Lipinski definition) is 1. The second-order valence-electron chi connectivity index (χ2n) is 1.56. The normalized spacial score (nSPS) is 7.75. The number of carbonyl (C=O) groups is 1. The molecule has 0 bridgehead atoms. The van der Waals surface area contributed by atoms with Crippen molar-refractivity contribution in [2.24, 2.45) is 4.99 Å². The Hall–Kier alpha value is -0.990. The molecule has 0 rings (SSSR count). The van der Waals surface area contributed by atoms with Gasteiger partial charge in [0.1, 0.15) is 0 Å². The third-order valence-electron chi connectivity index (χ3n) is 0.456. The van der Waals surface area contributed by atoms with Crippen molar-refractivity contribution in [3.8, 4) is 0 Å². The standard InChI is InChI=1S/C5H8N2O/c1-4(2)7-5(6)3-8/h3,6H,1-2H3. The van der Waals surface area contributed by atoms with Crippen LogP contribution in [0.1, 0.15) is 13.8 Å². The van der Waals surface area contributed by atoms with Crippen LogP contribution in [0, 0.1) is 5.41 Å². The summed E-state index contributed by atoms with van der Waals surface area (Å²) in [5, 5.41) is 6.71. The van der Waals surface area contributed by atoms with Crippen molar-refractivity contribution >= 4 is 17.8 Å². The van der Waals surface area contributed by atoms with Gasteiger partial charge in [-0.15, -0.1) is 0 Å². The summed E-state index contributed by atoms with van der Waals surface area (Å²) in [5.41, 5.74) is 0.724. The molecule has 0 fully saturated rings. The zero-order valence-electron chi connectivity index (χ0n) is 4.93. The van der Waals surface area contributed by atoms with Crippen molar-refractivity contribution < 1.29 is 4.79 Å². The molecule has 0 aromatic rings. The van der Waals surface area contributed by atoms with Crippen LogP contribution in [-0.4, -0.2) is 17.8 Å². The Balaban J connectivity index is 3.89. The number of nitrogens with one attached hydrogen (secondary N) is 1. The maximum Gasteiger partial charge on any atom is 0.186 e. The fourth-order valence-corrected chi connectivity index (χ4v) is 0.267. The van der Waals surface area contributed by atoms with Gasteiger partial charge in [0, 0.05) is 5.71 Å². The molecule has 0 atom stereocenters. The molecule has 0 aliphatic heterocycles. The summed E-state index contributed by atoms with van der Waals surface area (Å²) in [4.78, 5) is 13.2. The summed E-state index contributed by atoms with van der Waals surface area (Å²) in [6, 6.07) is 0. The number of nitrogens with zero attached hydrogens (tertiary/aromatic N) is 1. The molecule has 0 radical (unpaired) electrons. The Kier molecular flexibility index (Phi) is 2.69. The number of hydrogen-bond acceptors (Lipinski definition) is 2. The molecule has 3 heteroatoms. The molecule has 1 N–H and O–H groups in total. The Morgan fingerprint density at radius 2 is 2.12 bits per heavy atom. The van der Waals surface area contributed by atoms with Crippen molar-refractivity contribution in [1.29, 1.82) is 5.41 Å². The smallest absolute Gasteiger partial charge is 0.186 e. The summed E-state index contributed by atoms with van der Waals surface area (Å²) in [6.45, 7) is 3.47. The Morgan fingerprint density at radius 1 is 1.62 bits per heavy atom. The first-order chi connectivity index (χ1) is 3.66. The molecule has 0 spiro atoms. The molecule has 0 aliphatic carbocycles. The van der Waals surface area contributed by atoms with Crippen molar-refractivity contribution in [2.75, 3.05) is 0 Å². The lowest BCUT2D eigenvalue weighted by Crippen LogP contribution is -1.94. The predicted molar refractivity (Wildman–Crippen MR) is 32.6 cm³/mol. The summed E-state index contributed by atoms with van der Waals surface area (Å²) in [5.74, 6) is -0.218. The van der Waals surface area contributed by atoms with Crippen LogP contribution in [0.3, 0.4) is 0 Å². The second-order valence-corrected chi connectivity index (χ2v) is 1.56. The van der Waals surface area contributed by atoms with E-state index in [1.807, 2.05) is 0 Å². The highest BCUT2D eigenvalue weighted by molar-refractivity contribution is 6.28. The van der Waals surface area contributed by atoms with E-state index in [0.717, 1.165) is 5.71 Å². The van der Waals surface area contributed by atoms with Gasteiger partial charge in [-0.05, 0) is 13.8 Å². The average Bonchev–Trinajstić information content (AvgIpc) is 1.65. The molecular weight excluding hydrogens is 104 g/mol. The highest BCUT2D eigenvalue weighted by atomic mass is 16.1. The number of aliphatic imine (C=N–C) groups is 1. The third-order valence-corrected chi connectivity index (χ3v) is 0.456. The third kappa shape index (κ3) is 3.21. The number of rotatable bonds is 1. The van der Waals surface area contributed by atoms with E-state index in [-0.39, 0.29) is 5.84 Å². The monoisotopic (exact) mass is 112 g/mol. The van der Waals surface area contributed by atoms with Gasteiger partial charge in [-0.25, -0.2) is 4.99 Å². The SMILES string of the molecule is CC(C)=NC(=N)C=O. The maximum atomic E-state index is 9.71. The second kappa shape index (κ2) is 3.07. The zero-order chi connectivity index (χ0) is 6.57.